The lowest BCUT2D eigenvalue weighted by Crippen LogP contribution is -2.33. The van der Waals surface area contributed by atoms with Gasteiger partial charge in [0.15, 0.2) is 5.78 Å². The number of hydrogen-bond acceptors (Lipinski definition) is 4. The first-order valence-electron chi connectivity index (χ1n) is 7.67. The Morgan fingerprint density at radius 2 is 2.10 bits per heavy atom. The van der Waals surface area contributed by atoms with Crippen molar-refractivity contribution >= 4 is 23.0 Å². The van der Waals surface area contributed by atoms with E-state index < -0.39 is 0 Å². The van der Waals surface area contributed by atoms with Gasteiger partial charge in [-0.3, -0.25) is 9.59 Å². The van der Waals surface area contributed by atoms with Gasteiger partial charge >= 0.3 is 0 Å². The van der Waals surface area contributed by atoms with Crippen molar-refractivity contribution in [3.8, 4) is 0 Å². The molecule has 0 bridgehead atoms. The lowest BCUT2D eigenvalue weighted by atomic mass is 9.98. The van der Waals surface area contributed by atoms with E-state index in [1.54, 1.807) is 0 Å². The third-order valence-electron chi connectivity index (χ3n) is 4.85. The molecule has 2 heterocycles. The number of aryl methyl sites for hydroxylation is 1. The quantitative estimate of drug-likeness (QED) is 0.868. The molecule has 21 heavy (non-hydrogen) atoms. The normalized spacial score (nSPS) is 27.9. The summed E-state index contributed by atoms with van der Waals surface area (Å²) in [5, 5.41) is 0. The van der Waals surface area contributed by atoms with Crippen molar-refractivity contribution in [3.05, 3.63) is 21.9 Å². The number of thiophene rings is 1. The van der Waals surface area contributed by atoms with Gasteiger partial charge in [0.1, 0.15) is 0 Å². The molecule has 3 rings (SSSR count). The second-order valence-electron chi connectivity index (χ2n) is 6.30. The second-order valence-corrected chi connectivity index (χ2v) is 7.59. The van der Waals surface area contributed by atoms with Crippen LogP contribution in [0.5, 0.6) is 0 Å². The summed E-state index contributed by atoms with van der Waals surface area (Å²) in [6.07, 6.45) is 2.87. The highest BCUT2D eigenvalue weighted by molar-refractivity contribution is 7.14. The molecule has 0 aromatic carbocycles. The van der Waals surface area contributed by atoms with E-state index in [4.69, 9.17) is 5.73 Å². The summed E-state index contributed by atoms with van der Waals surface area (Å²) in [6, 6.07) is 4.05. The number of Topliss-reactive ketones (excluding diaryl/α,β-unsaturated/α-hetero) is 1. The van der Waals surface area contributed by atoms with Crippen LogP contribution in [-0.2, 0) is 4.79 Å². The average Bonchev–Trinajstić information content (AvgIpc) is 3.14. The average molecular weight is 306 g/mol. The van der Waals surface area contributed by atoms with Gasteiger partial charge < -0.3 is 10.6 Å². The van der Waals surface area contributed by atoms with E-state index in [-0.39, 0.29) is 17.7 Å². The Morgan fingerprint density at radius 3 is 2.76 bits per heavy atom. The van der Waals surface area contributed by atoms with Gasteiger partial charge in [0.25, 0.3) is 0 Å². The molecule has 1 amide bonds. The monoisotopic (exact) mass is 306 g/mol. The molecule has 1 saturated heterocycles. The van der Waals surface area contributed by atoms with Crippen molar-refractivity contribution in [3.63, 3.8) is 0 Å². The summed E-state index contributed by atoms with van der Waals surface area (Å²) in [7, 11) is 0. The molecule has 0 radical (unpaired) electrons. The molecule has 1 aliphatic carbocycles. The van der Waals surface area contributed by atoms with Crippen LogP contribution in [-0.4, -0.2) is 35.7 Å². The van der Waals surface area contributed by atoms with Crippen molar-refractivity contribution in [2.45, 2.75) is 38.6 Å². The molecule has 114 valence electrons. The number of rotatable bonds is 4. The van der Waals surface area contributed by atoms with Crippen molar-refractivity contribution in [2.24, 2.45) is 17.6 Å². The van der Waals surface area contributed by atoms with E-state index in [1.807, 2.05) is 24.0 Å². The fourth-order valence-electron chi connectivity index (χ4n) is 3.60. The molecule has 4 nitrogen and oxygen atoms in total. The minimum Gasteiger partial charge on any atom is -0.342 e. The fourth-order valence-corrected chi connectivity index (χ4v) is 4.43. The number of hydrogen-bond donors (Lipinski definition) is 1. The minimum atomic E-state index is 0.0811. The summed E-state index contributed by atoms with van der Waals surface area (Å²) in [5.74, 6) is 1.25. The Balaban J connectivity index is 1.50. The molecule has 3 atom stereocenters. The van der Waals surface area contributed by atoms with Crippen molar-refractivity contribution < 1.29 is 9.59 Å². The Kier molecular flexibility index (Phi) is 4.13. The highest BCUT2D eigenvalue weighted by atomic mass is 32.1. The van der Waals surface area contributed by atoms with E-state index in [1.165, 1.54) is 11.3 Å². The van der Waals surface area contributed by atoms with Gasteiger partial charge in [-0.25, -0.2) is 0 Å². The molecule has 2 fully saturated rings. The summed E-state index contributed by atoms with van der Waals surface area (Å²) < 4.78 is 0. The zero-order valence-corrected chi connectivity index (χ0v) is 13.2. The topological polar surface area (TPSA) is 63.4 Å². The van der Waals surface area contributed by atoms with Crippen LogP contribution in [0, 0.1) is 18.8 Å². The van der Waals surface area contributed by atoms with Gasteiger partial charge in [0, 0.05) is 36.9 Å². The molecule has 5 heteroatoms. The third-order valence-corrected chi connectivity index (χ3v) is 5.89. The zero-order chi connectivity index (χ0) is 15.0. The van der Waals surface area contributed by atoms with Gasteiger partial charge in [-0.15, -0.1) is 11.3 Å². The first-order chi connectivity index (χ1) is 10.0. The number of nitrogens with two attached hydrogens (primary N) is 1. The lowest BCUT2D eigenvalue weighted by Gasteiger charge is -2.18. The van der Waals surface area contributed by atoms with Crippen LogP contribution in [0.1, 0.15) is 40.2 Å². The molecule has 1 saturated carbocycles. The van der Waals surface area contributed by atoms with Gasteiger partial charge in [-0.1, -0.05) is 0 Å². The molecule has 2 aliphatic rings. The van der Waals surface area contributed by atoms with Gasteiger partial charge in [-0.05, 0) is 43.7 Å². The highest BCUT2D eigenvalue weighted by Gasteiger charge is 2.42. The number of fused-ring (bicyclic) bond motifs is 1. The maximum absolute atomic E-state index is 12.3. The highest BCUT2D eigenvalue weighted by Crippen LogP contribution is 2.37. The summed E-state index contributed by atoms with van der Waals surface area (Å²) in [4.78, 5) is 28.1. The van der Waals surface area contributed by atoms with Crippen LogP contribution in [0.3, 0.4) is 0 Å². The summed E-state index contributed by atoms with van der Waals surface area (Å²) in [5.41, 5.74) is 6.09. The number of nitrogens with zero attached hydrogens (tertiary/aromatic N) is 1. The molecule has 1 aromatic rings. The number of carbonyl (C=O) groups is 2. The molecule has 1 aromatic heterocycles. The lowest BCUT2D eigenvalue weighted by molar-refractivity contribution is -0.130. The van der Waals surface area contributed by atoms with Crippen molar-refractivity contribution in [2.75, 3.05) is 13.1 Å². The van der Waals surface area contributed by atoms with Gasteiger partial charge in [-0.2, -0.15) is 0 Å². The summed E-state index contributed by atoms with van der Waals surface area (Å²) >= 11 is 1.50. The van der Waals surface area contributed by atoms with E-state index in [2.05, 4.69) is 0 Å². The first-order valence-corrected chi connectivity index (χ1v) is 8.49. The largest absolute Gasteiger partial charge is 0.342 e. The van der Waals surface area contributed by atoms with Crippen LogP contribution in [0.4, 0.5) is 0 Å². The maximum Gasteiger partial charge on any atom is 0.223 e. The smallest absolute Gasteiger partial charge is 0.223 e. The SMILES string of the molecule is Cc1ccc(C(=O)CCC(=O)N2CC3CCC(N)C3C2)s1. The molecule has 3 unspecified atom stereocenters. The fraction of sp³-hybridized carbons (Fsp3) is 0.625. The van der Waals surface area contributed by atoms with E-state index in [9.17, 15) is 9.59 Å². The van der Waals surface area contributed by atoms with Crippen LogP contribution >= 0.6 is 11.3 Å². The molecular formula is C16H22N2O2S. The maximum atomic E-state index is 12.3. The number of ketones is 1. The Morgan fingerprint density at radius 1 is 1.29 bits per heavy atom. The molecule has 0 spiro atoms. The van der Waals surface area contributed by atoms with Crippen LogP contribution in [0.25, 0.3) is 0 Å². The molecule has 2 N–H and O–H groups in total. The number of likely N-dealkylation sites (tertiary alicyclic amines) is 1. The van der Waals surface area contributed by atoms with Crippen LogP contribution < -0.4 is 5.73 Å². The Labute approximate surface area is 129 Å². The minimum absolute atomic E-state index is 0.0811. The zero-order valence-electron chi connectivity index (χ0n) is 12.4. The number of carbonyl (C=O) groups excluding carboxylic acids is 2. The molecular weight excluding hydrogens is 284 g/mol. The molecule has 1 aliphatic heterocycles. The van der Waals surface area contributed by atoms with Crippen molar-refractivity contribution in [1.29, 1.82) is 0 Å². The standard InChI is InChI=1S/C16H22N2O2S/c1-10-2-6-15(21-10)14(19)5-7-16(20)18-8-11-3-4-13(17)12(11)9-18/h2,6,11-13H,3-5,7-9,17H2,1H3. The van der Waals surface area contributed by atoms with E-state index in [0.717, 1.165) is 35.7 Å². The van der Waals surface area contributed by atoms with Gasteiger partial charge in [0.2, 0.25) is 5.91 Å². The van der Waals surface area contributed by atoms with Crippen LogP contribution in [0.15, 0.2) is 12.1 Å². The predicted molar refractivity (Wildman–Crippen MR) is 83.4 cm³/mol. The van der Waals surface area contributed by atoms with E-state index >= 15 is 0 Å². The summed E-state index contributed by atoms with van der Waals surface area (Å²) in [6.45, 7) is 3.61. The Hall–Kier alpha value is -1.20. The Bertz CT molecular complexity index is 554. The first kappa shape index (κ1) is 14.7. The van der Waals surface area contributed by atoms with Crippen molar-refractivity contribution in [1.82, 2.24) is 4.90 Å². The third kappa shape index (κ3) is 3.04. The van der Waals surface area contributed by atoms with E-state index in [0.29, 0.717) is 24.7 Å². The predicted octanol–water partition coefficient (Wildman–Crippen LogP) is 2.22. The second kappa shape index (κ2) is 5.89. The van der Waals surface area contributed by atoms with Gasteiger partial charge in [0.05, 0.1) is 4.88 Å². The number of amides is 1. The van der Waals surface area contributed by atoms with Crippen LogP contribution in [0.2, 0.25) is 0 Å².